The summed E-state index contributed by atoms with van der Waals surface area (Å²) in [5, 5.41) is 6.36. The number of carbonyl (C=O) groups excluding carboxylic acids is 1. The van der Waals surface area contributed by atoms with E-state index in [1.54, 1.807) is 0 Å². The molecule has 1 aromatic carbocycles. The number of benzene rings is 1. The number of para-hydroxylation sites is 1. The molecule has 2 N–H and O–H groups in total. The van der Waals surface area contributed by atoms with Crippen LogP contribution in [0.2, 0.25) is 0 Å². The molecule has 0 aromatic heterocycles. The molecule has 1 aliphatic rings. The van der Waals surface area contributed by atoms with Crippen LogP contribution in [0.5, 0.6) is 0 Å². The molecule has 0 bridgehead atoms. The minimum atomic E-state index is -0.0716. The van der Waals surface area contributed by atoms with Gasteiger partial charge in [-0.15, -0.1) is 0 Å². The summed E-state index contributed by atoms with van der Waals surface area (Å²) in [4.78, 5) is 12.3. The number of amides is 1. The van der Waals surface area contributed by atoms with Gasteiger partial charge in [0.25, 0.3) is 0 Å². The fourth-order valence-electron chi connectivity index (χ4n) is 2.45. The highest BCUT2D eigenvalue weighted by atomic mass is 16.5. The molecule has 1 amide bonds. The summed E-state index contributed by atoms with van der Waals surface area (Å²) in [5.41, 5.74) is 1.88. The van der Waals surface area contributed by atoms with Gasteiger partial charge in [-0.1, -0.05) is 31.0 Å². The van der Waals surface area contributed by atoms with Crippen LogP contribution in [-0.2, 0) is 16.1 Å². The zero-order valence-electron chi connectivity index (χ0n) is 12.2. The quantitative estimate of drug-likeness (QED) is 0.869. The van der Waals surface area contributed by atoms with E-state index < -0.39 is 0 Å². The predicted molar refractivity (Wildman–Crippen MR) is 80.7 cm³/mol. The van der Waals surface area contributed by atoms with Gasteiger partial charge in [0.1, 0.15) is 0 Å². The van der Waals surface area contributed by atoms with E-state index in [1.807, 2.05) is 31.2 Å². The number of anilines is 1. The zero-order valence-corrected chi connectivity index (χ0v) is 12.2. The first kappa shape index (κ1) is 15.0. The number of nitrogens with one attached hydrogen (secondary N) is 2. The molecule has 4 heteroatoms. The molecule has 1 aromatic rings. The summed E-state index contributed by atoms with van der Waals surface area (Å²) in [6, 6.07) is 7.76. The first-order chi connectivity index (χ1) is 9.81. The Hall–Kier alpha value is -1.39. The van der Waals surface area contributed by atoms with Gasteiger partial charge >= 0.3 is 0 Å². The number of ether oxygens (including phenoxy) is 1. The summed E-state index contributed by atoms with van der Waals surface area (Å²) >= 11 is 0. The molecule has 1 unspecified atom stereocenters. The summed E-state index contributed by atoms with van der Waals surface area (Å²) < 4.78 is 5.44. The summed E-state index contributed by atoms with van der Waals surface area (Å²) in [6.07, 6.45) is 4.40. The molecular formula is C16H24N2O2. The van der Waals surface area contributed by atoms with Gasteiger partial charge < -0.3 is 15.4 Å². The van der Waals surface area contributed by atoms with Gasteiger partial charge in [-0.3, -0.25) is 4.79 Å². The van der Waals surface area contributed by atoms with E-state index in [0.717, 1.165) is 37.1 Å². The highest BCUT2D eigenvalue weighted by Gasteiger charge is 2.20. The Balaban J connectivity index is 1.99. The predicted octanol–water partition coefficient (Wildman–Crippen LogP) is 2.69. The summed E-state index contributed by atoms with van der Waals surface area (Å²) in [7, 11) is 0. The lowest BCUT2D eigenvalue weighted by molar-refractivity contribution is -0.118. The van der Waals surface area contributed by atoms with Crippen molar-refractivity contribution < 1.29 is 9.53 Å². The molecule has 20 heavy (non-hydrogen) atoms. The molecule has 1 heterocycles. The molecule has 1 atom stereocenters. The number of hydrogen-bond acceptors (Lipinski definition) is 3. The second kappa shape index (κ2) is 8.02. The molecule has 0 saturated carbocycles. The maximum Gasteiger partial charge on any atom is 0.241 e. The number of hydrogen-bond donors (Lipinski definition) is 2. The molecule has 4 nitrogen and oxygen atoms in total. The topological polar surface area (TPSA) is 50.4 Å². The SMILES string of the molecule is CCOCc1ccccc1NC(=O)C1CCCCCN1. The van der Waals surface area contributed by atoms with Gasteiger partial charge in [-0.2, -0.15) is 0 Å². The van der Waals surface area contributed by atoms with E-state index >= 15 is 0 Å². The van der Waals surface area contributed by atoms with Crippen LogP contribution in [0.3, 0.4) is 0 Å². The lowest BCUT2D eigenvalue weighted by atomic mass is 10.1. The second-order valence-corrected chi connectivity index (χ2v) is 5.14. The average molecular weight is 276 g/mol. The Bertz CT molecular complexity index is 426. The Labute approximate surface area is 120 Å². The van der Waals surface area contributed by atoms with Crippen LogP contribution in [0.4, 0.5) is 5.69 Å². The fourth-order valence-corrected chi connectivity index (χ4v) is 2.45. The van der Waals surface area contributed by atoms with Crippen molar-refractivity contribution in [3.8, 4) is 0 Å². The van der Waals surface area contributed by atoms with E-state index in [2.05, 4.69) is 10.6 Å². The third-order valence-electron chi connectivity index (χ3n) is 3.61. The van der Waals surface area contributed by atoms with E-state index in [-0.39, 0.29) is 11.9 Å². The van der Waals surface area contributed by atoms with Crippen molar-refractivity contribution in [2.75, 3.05) is 18.5 Å². The van der Waals surface area contributed by atoms with Gasteiger partial charge in [0.15, 0.2) is 0 Å². The van der Waals surface area contributed by atoms with Crippen LogP contribution >= 0.6 is 0 Å². The average Bonchev–Trinajstić information content (AvgIpc) is 2.75. The molecule has 1 aliphatic heterocycles. The number of rotatable bonds is 5. The smallest absolute Gasteiger partial charge is 0.241 e. The van der Waals surface area contributed by atoms with Gasteiger partial charge in [0.2, 0.25) is 5.91 Å². The Morgan fingerprint density at radius 1 is 1.35 bits per heavy atom. The first-order valence-electron chi connectivity index (χ1n) is 7.51. The van der Waals surface area contributed by atoms with Crippen molar-refractivity contribution in [2.24, 2.45) is 0 Å². The molecule has 1 fully saturated rings. The maximum absolute atomic E-state index is 12.3. The van der Waals surface area contributed by atoms with Crippen LogP contribution in [0.15, 0.2) is 24.3 Å². The first-order valence-corrected chi connectivity index (χ1v) is 7.51. The highest BCUT2D eigenvalue weighted by Crippen LogP contribution is 2.17. The van der Waals surface area contributed by atoms with Crippen molar-refractivity contribution in [3.05, 3.63) is 29.8 Å². The van der Waals surface area contributed by atoms with Crippen LogP contribution in [0.25, 0.3) is 0 Å². The molecule has 0 radical (unpaired) electrons. The van der Waals surface area contributed by atoms with E-state index in [0.29, 0.717) is 13.2 Å². The van der Waals surface area contributed by atoms with Crippen molar-refractivity contribution in [2.45, 2.75) is 45.3 Å². The molecule has 0 spiro atoms. The lowest BCUT2D eigenvalue weighted by Gasteiger charge is -2.17. The van der Waals surface area contributed by atoms with Crippen molar-refractivity contribution in [1.82, 2.24) is 5.32 Å². The Morgan fingerprint density at radius 2 is 2.20 bits per heavy atom. The molecule has 2 rings (SSSR count). The third-order valence-corrected chi connectivity index (χ3v) is 3.61. The third kappa shape index (κ3) is 4.32. The fraction of sp³-hybridized carbons (Fsp3) is 0.562. The van der Waals surface area contributed by atoms with Crippen molar-refractivity contribution in [3.63, 3.8) is 0 Å². The van der Waals surface area contributed by atoms with Gasteiger partial charge in [-0.25, -0.2) is 0 Å². The molecule has 1 saturated heterocycles. The highest BCUT2D eigenvalue weighted by molar-refractivity contribution is 5.95. The van der Waals surface area contributed by atoms with E-state index in [4.69, 9.17) is 4.74 Å². The second-order valence-electron chi connectivity index (χ2n) is 5.14. The minimum Gasteiger partial charge on any atom is -0.377 e. The van der Waals surface area contributed by atoms with Gasteiger partial charge in [0, 0.05) is 17.9 Å². The monoisotopic (exact) mass is 276 g/mol. The van der Waals surface area contributed by atoms with Crippen LogP contribution in [0.1, 0.15) is 38.2 Å². The minimum absolute atomic E-state index is 0.0656. The van der Waals surface area contributed by atoms with E-state index in [1.165, 1.54) is 6.42 Å². The summed E-state index contributed by atoms with van der Waals surface area (Å²) in [5.74, 6) is 0.0656. The standard InChI is InChI=1S/C16H24N2O2/c1-2-20-12-13-8-5-6-9-14(13)18-16(19)15-10-4-3-7-11-17-15/h5-6,8-9,15,17H,2-4,7,10-12H2,1H3,(H,18,19). The molecule has 0 aliphatic carbocycles. The zero-order chi connectivity index (χ0) is 14.2. The number of carbonyl (C=O) groups is 1. The molecule has 110 valence electrons. The maximum atomic E-state index is 12.3. The largest absolute Gasteiger partial charge is 0.377 e. The van der Waals surface area contributed by atoms with E-state index in [9.17, 15) is 4.79 Å². The lowest BCUT2D eigenvalue weighted by Crippen LogP contribution is -2.40. The molecular weight excluding hydrogens is 252 g/mol. The van der Waals surface area contributed by atoms with Crippen LogP contribution in [0, 0.1) is 0 Å². The normalized spacial score (nSPS) is 19.4. The summed E-state index contributed by atoms with van der Waals surface area (Å²) in [6.45, 7) is 4.10. The Morgan fingerprint density at radius 3 is 3.05 bits per heavy atom. The van der Waals surface area contributed by atoms with Gasteiger partial charge in [-0.05, 0) is 32.4 Å². The Kier molecular flexibility index (Phi) is 6.02. The van der Waals surface area contributed by atoms with Gasteiger partial charge in [0.05, 0.1) is 12.6 Å². The van der Waals surface area contributed by atoms with Crippen LogP contribution < -0.4 is 10.6 Å². The van der Waals surface area contributed by atoms with Crippen molar-refractivity contribution in [1.29, 1.82) is 0 Å². The van der Waals surface area contributed by atoms with Crippen LogP contribution in [-0.4, -0.2) is 25.1 Å². The van der Waals surface area contributed by atoms with Crippen molar-refractivity contribution >= 4 is 11.6 Å².